The first kappa shape index (κ1) is 7.96. The molecule has 0 amide bonds. The van der Waals surface area contributed by atoms with Gasteiger partial charge >= 0.3 is 0 Å². The van der Waals surface area contributed by atoms with E-state index in [1.807, 2.05) is 0 Å². The van der Waals surface area contributed by atoms with Crippen LogP contribution < -0.4 is 10.6 Å². The van der Waals surface area contributed by atoms with E-state index >= 15 is 0 Å². The third kappa shape index (κ3) is 1.74. The molecule has 0 saturated carbocycles. The van der Waals surface area contributed by atoms with Crippen molar-refractivity contribution in [3.63, 3.8) is 0 Å². The summed E-state index contributed by atoms with van der Waals surface area (Å²) in [5, 5.41) is 7.01. The molecule has 2 N–H and O–H groups in total. The summed E-state index contributed by atoms with van der Waals surface area (Å²) in [7, 11) is 0. The number of hydrogen-bond acceptors (Lipinski definition) is 2. The molecule has 0 radical (unpaired) electrons. The van der Waals surface area contributed by atoms with Gasteiger partial charge in [-0.2, -0.15) is 0 Å². The normalized spacial score (nSPS) is 30.7. The molecule has 2 aliphatic rings. The summed E-state index contributed by atoms with van der Waals surface area (Å²) in [6.45, 7) is 2.36. The molecule has 0 atom stereocenters. The van der Waals surface area contributed by atoms with Gasteiger partial charge in [0.25, 0.3) is 0 Å². The van der Waals surface area contributed by atoms with Gasteiger partial charge in [0.05, 0.1) is 0 Å². The molecule has 0 spiro atoms. The maximum absolute atomic E-state index is 3.51. The summed E-state index contributed by atoms with van der Waals surface area (Å²) in [6, 6.07) is 0. The number of hydrogen-bond donors (Lipinski definition) is 2. The number of nitrogens with one attached hydrogen (secondary N) is 2. The quantitative estimate of drug-likeness (QED) is 0.573. The molecule has 2 rings (SSSR count). The fourth-order valence-corrected chi connectivity index (χ4v) is 2.02. The monoisotopic (exact) mass is 166 g/mol. The van der Waals surface area contributed by atoms with E-state index in [1.165, 1.54) is 63.0 Å². The molecule has 2 nitrogen and oxygen atoms in total. The van der Waals surface area contributed by atoms with Crippen LogP contribution in [-0.4, -0.2) is 13.1 Å². The van der Waals surface area contributed by atoms with Crippen molar-refractivity contribution >= 4 is 0 Å². The van der Waals surface area contributed by atoms with Crippen LogP contribution in [0.1, 0.15) is 38.5 Å². The van der Waals surface area contributed by atoms with Crippen LogP contribution in [0.5, 0.6) is 0 Å². The lowest BCUT2D eigenvalue weighted by Crippen LogP contribution is -2.29. The summed E-state index contributed by atoms with van der Waals surface area (Å²) in [4.78, 5) is 0. The predicted molar refractivity (Wildman–Crippen MR) is 50.7 cm³/mol. The van der Waals surface area contributed by atoms with E-state index in [2.05, 4.69) is 10.6 Å². The van der Waals surface area contributed by atoms with Crippen LogP contribution in [0.4, 0.5) is 0 Å². The summed E-state index contributed by atoms with van der Waals surface area (Å²) >= 11 is 0. The zero-order valence-corrected chi connectivity index (χ0v) is 7.66. The topological polar surface area (TPSA) is 24.1 Å². The molecule has 2 aliphatic heterocycles. The Morgan fingerprint density at radius 1 is 0.667 bits per heavy atom. The SMILES string of the molecule is C1CCC(=C2CCCCN2)NC1. The Kier molecular flexibility index (Phi) is 2.54. The minimum atomic E-state index is 1.18. The summed E-state index contributed by atoms with van der Waals surface area (Å²) in [5.41, 5.74) is 3.00. The van der Waals surface area contributed by atoms with Gasteiger partial charge in [-0.25, -0.2) is 0 Å². The molecule has 68 valence electrons. The molecule has 0 aromatic heterocycles. The Morgan fingerprint density at radius 3 is 1.50 bits per heavy atom. The molecule has 0 aromatic carbocycles. The van der Waals surface area contributed by atoms with Crippen LogP contribution in [-0.2, 0) is 0 Å². The lowest BCUT2D eigenvalue weighted by atomic mass is 10.0. The highest BCUT2D eigenvalue weighted by atomic mass is 15.0. The minimum absolute atomic E-state index is 1.18. The first-order chi connectivity index (χ1) is 5.97. The zero-order valence-electron chi connectivity index (χ0n) is 7.66. The van der Waals surface area contributed by atoms with E-state index in [0.717, 1.165) is 0 Å². The van der Waals surface area contributed by atoms with Crippen LogP contribution in [0.25, 0.3) is 0 Å². The third-order valence-corrected chi connectivity index (χ3v) is 2.75. The van der Waals surface area contributed by atoms with Crippen molar-refractivity contribution in [1.29, 1.82) is 0 Å². The van der Waals surface area contributed by atoms with Gasteiger partial charge in [0.15, 0.2) is 0 Å². The van der Waals surface area contributed by atoms with Crippen molar-refractivity contribution in [1.82, 2.24) is 10.6 Å². The molecule has 0 aliphatic carbocycles. The van der Waals surface area contributed by atoms with Crippen molar-refractivity contribution in [3.05, 3.63) is 11.4 Å². The lowest BCUT2D eigenvalue weighted by molar-refractivity contribution is 0.528. The number of rotatable bonds is 0. The molecule has 2 heteroatoms. The van der Waals surface area contributed by atoms with Crippen molar-refractivity contribution in [2.75, 3.05) is 13.1 Å². The van der Waals surface area contributed by atoms with Crippen LogP contribution >= 0.6 is 0 Å². The van der Waals surface area contributed by atoms with Crippen LogP contribution in [0.3, 0.4) is 0 Å². The van der Waals surface area contributed by atoms with Crippen LogP contribution in [0.2, 0.25) is 0 Å². The molecule has 2 saturated heterocycles. The van der Waals surface area contributed by atoms with E-state index in [-0.39, 0.29) is 0 Å². The van der Waals surface area contributed by atoms with Crippen molar-refractivity contribution in [3.8, 4) is 0 Å². The van der Waals surface area contributed by atoms with Gasteiger partial charge in [0.2, 0.25) is 0 Å². The number of piperidine rings is 2. The van der Waals surface area contributed by atoms with Crippen molar-refractivity contribution < 1.29 is 0 Å². The summed E-state index contributed by atoms with van der Waals surface area (Å²) in [5.74, 6) is 0. The molecule has 0 bridgehead atoms. The first-order valence-electron chi connectivity index (χ1n) is 5.16. The van der Waals surface area contributed by atoms with Crippen LogP contribution in [0, 0.1) is 0 Å². The fourth-order valence-electron chi connectivity index (χ4n) is 2.02. The Labute approximate surface area is 74.4 Å². The fraction of sp³-hybridized carbons (Fsp3) is 0.800. The predicted octanol–water partition coefficient (Wildman–Crippen LogP) is 1.74. The van der Waals surface area contributed by atoms with Crippen molar-refractivity contribution in [2.24, 2.45) is 0 Å². The molecule has 0 unspecified atom stereocenters. The maximum atomic E-state index is 3.51. The van der Waals surface area contributed by atoms with E-state index in [9.17, 15) is 0 Å². The second-order valence-electron chi connectivity index (χ2n) is 3.72. The highest BCUT2D eigenvalue weighted by molar-refractivity contribution is 5.13. The Balaban J connectivity index is 2.00. The van der Waals surface area contributed by atoms with E-state index in [4.69, 9.17) is 0 Å². The first-order valence-corrected chi connectivity index (χ1v) is 5.16. The minimum Gasteiger partial charge on any atom is -0.387 e. The summed E-state index contributed by atoms with van der Waals surface area (Å²) < 4.78 is 0. The van der Waals surface area contributed by atoms with Gasteiger partial charge in [-0.1, -0.05) is 0 Å². The third-order valence-electron chi connectivity index (χ3n) is 2.75. The maximum Gasteiger partial charge on any atom is 0.0299 e. The standard InChI is InChI=1S/C10H18N2/c1-3-7-11-9(5-1)10-6-2-4-8-12-10/h11-12H,1-8H2. The second-order valence-corrected chi connectivity index (χ2v) is 3.72. The molecule has 2 fully saturated rings. The smallest absolute Gasteiger partial charge is 0.0299 e. The van der Waals surface area contributed by atoms with E-state index < -0.39 is 0 Å². The van der Waals surface area contributed by atoms with E-state index in [0.29, 0.717) is 0 Å². The molecule has 0 aromatic rings. The Hall–Kier alpha value is -0.660. The van der Waals surface area contributed by atoms with Crippen molar-refractivity contribution in [2.45, 2.75) is 38.5 Å². The largest absolute Gasteiger partial charge is 0.387 e. The van der Waals surface area contributed by atoms with E-state index in [1.54, 1.807) is 0 Å². The number of allylic oxidation sites excluding steroid dienone is 2. The second kappa shape index (κ2) is 3.83. The van der Waals surface area contributed by atoms with Gasteiger partial charge < -0.3 is 10.6 Å². The molecule has 2 heterocycles. The van der Waals surface area contributed by atoms with Gasteiger partial charge in [0.1, 0.15) is 0 Å². The van der Waals surface area contributed by atoms with Crippen LogP contribution in [0.15, 0.2) is 11.4 Å². The lowest BCUT2D eigenvalue weighted by Gasteiger charge is -2.25. The van der Waals surface area contributed by atoms with Gasteiger partial charge in [-0.05, 0) is 38.5 Å². The molecular formula is C10H18N2. The average Bonchev–Trinajstić information content (AvgIpc) is 2.21. The molecular weight excluding hydrogens is 148 g/mol. The highest BCUT2D eigenvalue weighted by Gasteiger charge is 2.12. The summed E-state index contributed by atoms with van der Waals surface area (Å²) in [6.07, 6.45) is 7.96. The Bertz CT molecular complexity index is 148. The highest BCUT2D eigenvalue weighted by Crippen LogP contribution is 2.19. The zero-order chi connectivity index (χ0) is 8.23. The van der Waals surface area contributed by atoms with Gasteiger partial charge in [-0.3, -0.25) is 0 Å². The Morgan fingerprint density at radius 2 is 1.17 bits per heavy atom. The van der Waals surface area contributed by atoms with Gasteiger partial charge in [-0.15, -0.1) is 0 Å². The molecule has 12 heavy (non-hydrogen) atoms. The average molecular weight is 166 g/mol. The van der Waals surface area contributed by atoms with Gasteiger partial charge in [0, 0.05) is 24.5 Å².